The van der Waals surface area contributed by atoms with Crippen molar-refractivity contribution in [2.45, 2.75) is 52.5 Å². The third-order valence-corrected chi connectivity index (χ3v) is 3.85. The summed E-state index contributed by atoms with van der Waals surface area (Å²) in [6, 6.07) is 0. The molecule has 0 amide bonds. The van der Waals surface area contributed by atoms with E-state index in [1.54, 1.807) is 11.3 Å². The topological polar surface area (TPSA) is 4.93 Å². The first-order valence-electron chi connectivity index (χ1n) is 5.40. The Morgan fingerprint density at radius 3 is 2.57 bits per heavy atom. The van der Waals surface area contributed by atoms with E-state index in [0.29, 0.717) is 0 Å². The molecule has 1 heterocycles. The zero-order valence-corrected chi connectivity index (χ0v) is 10.7. The summed E-state index contributed by atoms with van der Waals surface area (Å²) in [5.74, 6) is 0. The van der Waals surface area contributed by atoms with E-state index in [4.69, 9.17) is 12.2 Å². The van der Waals surface area contributed by atoms with Crippen LogP contribution in [0, 0.1) is 10.9 Å². The molecule has 0 fully saturated rings. The standard InChI is InChI=1S/C11H19NS2/c1-3-4-5-6-7-8-12-10(2)9-14-11(12)13/h9H,3-8H2,1-2H3. The van der Waals surface area contributed by atoms with Gasteiger partial charge >= 0.3 is 0 Å². The molecule has 0 radical (unpaired) electrons. The van der Waals surface area contributed by atoms with Crippen molar-refractivity contribution in [2.75, 3.05) is 0 Å². The molecule has 0 saturated heterocycles. The Morgan fingerprint density at radius 1 is 1.29 bits per heavy atom. The number of unbranched alkanes of at least 4 members (excludes halogenated alkanes) is 4. The van der Waals surface area contributed by atoms with Gasteiger partial charge in [0.15, 0.2) is 3.95 Å². The highest BCUT2D eigenvalue weighted by Gasteiger charge is 1.98. The van der Waals surface area contributed by atoms with Crippen molar-refractivity contribution in [3.8, 4) is 0 Å². The lowest BCUT2D eigenvalue weighted by molar-refractivity contribution is 0.562. The van der Waals surface area contributed by atoms with Gasteiger partial charge in [0.25, 0.3) is 0 Å². The van der Waals surface area contributed by atoms with E-state index in [-0.39, 0.29) is 0 Å². The highest BCUT2D eigenvalue weighted by atomic mass is 32.1. The van der Waals surface area contributed by atoms with Crippen molar-refractivity contribution in [3.05, 3.63) is 15.0 Å². The van der Waals surface area contributed by atoms with Crippen LogP contribution < -0.4 is 0 Å². The Labute approximate surface area is 95.8 Å². The second kappa shape index (κ2) is 6.36. The first-order chi connectivity index (χ1) is 6.75. The molecule has 1 aromatic heterocycles. The molecule has 0 saturated carbocycles. The number of aromatic nitrogens is 1. The molecule has 1 rings (SSSR count). The highest BCUT2D eigenvalue weighted by molar-refractivity contribution is 7.73. The SMILES string of the molecule is CCCCCCCn1c(C)csc1=S. The quantitative estimate of drug-likeness (QED) is 0.511. The Kier molecular flexibility index (Phi) is 5.41. The summed E-state index contributed by atoms with van der Waals surface area (Å²) in [6.45, 7) is 5.50. The van der Waals surface area contributed by atoms with Crippen molar-refractivity contribution >= 4 is 23.6 Å². The predicted molar refractivity (Wildman–Crippen MR) is 66.6 cm³/mol. The summed E-state index contributed by atoms with van der Waals surface area (Å²) in [6.07, 6.45) is 6.66. The predicted octanol–water partition coefficient (Wildman–Crippen LogP) is 4.56. The molecule has 80 valence electrons. The zero-order valence-electron chi connectivity index (χ0n) is 9.08. The number of thiazole rings is 1. The van der Waals surface area contributed by atoms with E-state index < -0.39 is 0 Å². The van der Waals surface area contributed by atoms with Crippen molar-refractivity contribution in [3.63, 3.8) is 0 Å². The summed E-state index contributed by atoms with van der Waals surface area (Å²) in [5.41, 5.74) is 1.32. The number of hydrogen-bond donors (Lipinski definition) is 0. The molecule has 0 aliphatic rings. The number of rotatable bonds is 6. The Hall–Kier alpha value is -0.150. The summed E-state index contributed by atoms with van der Waals surface area (Å²) < 4.78 is 3.28. The van der Waals surface area contributed by atoms with Gasteiger partial charge in [-0.2, -0.15) is 0 Å². The van der Waals surface area contributed by atoms with E-state index in [1.807, 2.05) is 0 Å². The summed E-state index contributed by atoms with van der Waals surface area (Å²) in [5, 5.41) is 2.15. The molecular weight excluding hydrogens is 210 g/mol. The van der Waals surface area contributed by atoms with Crippen LogP contribution in [-0.2, 0) is 6.54 Å². The van der Waals surface area contributed by atoms with Crippen LogP contribution in [0.5, 0.6) is 0 Å². The van der Waals surface area contributed by atoms with Crippen molar-refractivity contribution < 1.29 is 0 Å². The minimum absolute atomic E-state index is 1.03. The van der Waals surface area contributed by atoms with Gasteiger partial charge in [-0.25, -0.2) is 0 Å². The first-order valence-corrected chi connectivity index (χ1v) is 6.69. The molecule has 1 nitrogen and oxygen atoms in total. The van der Waals surface area contributed by atoms with Crippen LogP contribution in [0.2, 0.25) is 0 Å². The molecule has 0 spiro atoms. The van der Waals surface area contributed by atoms with Crippen molar-refractivity contribution in [1.29, 1.82) is 0 Å². The smallest absolute Gasteiger partial charge is 0.161 e. The molecule has 0 atom stereocenters. The third kappa shape index (κ3) is 3.54. The lowest BCUT2D eigenvalue weighted by Crippen LogP contribution is -1.99. The minimum atomic E-state index is 1.03. The Balaban J connectivity index is 2.28. The van der Waals surface area contributed by atoms with Gasteiger partial charge in [0, 0.05) is 17.6 Å². The maximum absolute atomic E-state index is 5.26. The maximum Gasteiger partial charge on any atom is 0.161 e. The lowest BCUT2D eigenvalue weighted by atomic mass is 10.1. The van der Waals surface area contributed by atoms with Gasteiger partial charge < -0.3 is 4.57 Å². The minimum Gasteiger partial charge on any atom is -0.328 e. The van der Waals surface area contributed by atoms with Gasteiger partial charge in [-0.1, -0.05) is 32.6 Å². The summed E-state index contributed by atoms with van der Waals surface area (Å²) in [7, 11) is 0. The van der Waals surface area contributed by atoms with Crippen LogP contribution in [0.25, 0.3) is 0 Å². The third-order valence-electron chi connectivity index (χ3n) is 2.46. The average Bonchev–Trinajstić information content (AvgIpc) is 2.48. The van der Waals surface area contributed by atoms with Crippen LogP contribution in [0.4, 0.5) is 0 Å². The van der Waals surface area contributed by atoms with Gasteiger partial charge in [-0.05, 0) is 25.6 Å². The second-order valence-electron chi connectivity index (χ2n) is 3.71. The van der Waals surface area contributed by atoms with Crippen molar-refractivity contribution in [1.82, 2.24) is 4.57 Å². The van der Waals surface area contributed by atoms with E-state index in [1.165, 1.54) is 37.8 Å². The van der Waals surface area contributed by atoms with E-state index in [0.717, 1.165) is 10.5 Å². The average molecular weight is 229 g/mol. The van der Waals surface area contributed by atoms with Crippen LogP contribution in [-0.4, -0.2) is 4.57 Å². The van der Waals surface area contributed by atoms with Crippen LogP contribution in [0.15, 0.2) is 5.38 Å². The molecule has 0 N–H and O–H groups in total. The Bertz CT molecular complexity index is 311. The molecular formula is C11H19NS2. The lowest BCUT2D eigenvalue weighted by Gasteiger charge is -2.04. The fourth-order valence-corrected chi connectivity index (χ4v) is 2.69. The van der Waals surface area contributed by atoms with E-state index in [9.17, 15) is 0 Å². The Morgan fingerprint density at radius 2 is 2.00 bits per heavy atom. The van der Waals surface area contributed by atoms with Crippen LogP contribution in [0.3, 0.4) is 0 Å². The van der Waals surface area contributed by atoms with E-state index >= 15 is 0 Å². The molecule has 1 aromatic rings. The molecule has 3 heteroatoms. The molecule has 0 aliphatic heterocycles. The van der Waals surface area contributed by atoms with Gasteiger partial charge in [0.1, 0.15) is 0 Å². The molecule has 0 aromatic carbocycles. The van der Waals surface area contributed by atoms with E-state index in [2.05, 4.69) is 23.8 Å². The van der Waals surface area contributed by atoms with Crippen LogP contribution >= 0.6 is 23.6 Å². The van der Waals surface area contributed by atoms with Gasteiger partial charge in [0.2, 0.25) is 0 Å². The molecule has 0 unspecified atom stereocenters. The van der Waals surface area contributed by atoms with Gasteiger partial charge in [0.05, 0.1) is 0 Å². The fourth-order valence-electron chi connectivity index (χ4n) is 1.55. The monoisotopic (exact) mass is 229 g/mol. The second-order valence-corrected chi connectivity index (χ2v) is 5.21. The number of nitrogens with zero attached hydrogens (tertiary/aromatic N) is 1. The summed E-state index contributed by atoms with van der Waals surface area (Å²) >= 11 is 6.93. The zero-order chi connectivity index (χ0) is 10.4. The number of hydrogen-bond acceptors (Lipinski definition) is 2. The first kappa shape index (κ1) is 11.9. The highest BCUT2D eigenvalue weighted by Crippen LogP contribution is 2.12. The molecule has 0 aliphatic carbocycles. The molecule has 0 bridgehead atoms. The summed E-state index contributed by atoms with van der Waals surface area (Å²) in [4.78, 5) is 0. The van der Waals surface area contributed by atoms with Gasteiger partial charge in [-0.3, -0.25) is 0 Å². The maximum atomic E-state index is 5.26. The van der Waals surface area contributed by atoms with Crippen molar-refractivity contribution in [2.24, 2.45) is 0 Å². The fraction of sp³-hybridized carbons (Fsp3) is 0.727. The normalized spacial score (nSPS) is 10.7. The van der Waals surface area contributed by atoms with Gasteiger partial charge in [-0.15, -0.1) is 11.3 Å². The number of aryl methyl sites for hydroxylation is 1. The van der Waals surface area contributed by atoms with Crippen LogP contribution in [0.1, 0.15) is 44.7 Å². The largest absolute Gasteiger partial charge is 0.328 e. The molecule has 14 heavy (non-hydrogen) atoms.